The number of methoxy groups -OCH3 is 1. The molecule has 0 atom stereocenters. The number of nitrogens with zero attached hydrogens (tertiary/aromatic N) is 2. The molecular formula is C9H6F3IN2O5. The molecule has 0 saturated heterocycles. The minimum atomic E-state index is -5.13. The van der Waals surface area contributed by atoms with Crippen molar-refractivity contribution >= 4 is 34.2 Å². The van der Waals surface area contributed by atoms with Crippen LogP contribution in [0.25, 0.3) is 0 Å². The second kappa shape index (κ2) is 6.19. The fourth-order valence-corrected chi connectivity index (χ4v) is 1.98. The summed E-state index contributed by atoms with van der Waals surface area (Å²) in [7, 11) is 1.09. The van der Waals surface area contributed by atoms with Gasteiger partial charge in [-0.3, -0.25) is 14.9 Å². The maximum absolute atomic E-state index is 12.2. The van der Waals surface area contributed by atoms with E-state index in [4.69, 9.17) is 0 Å². The van der Waals surface area contributed by atoms with Crippen LogP contribution >= 0.6 is 22.6 Å². The molecule has 0 aromatic carbocycles. The first-order chi connectivity index (χ1) is 9.14. The third-order valence-electron chi connectivity index (χ3n) is 1.92. The normalized spacial score (nSPS) is 11.1. The van der Waals surface area contributed by atoms with Crippen molar-refractivity contribution in [3.63, 3.8) is 0 Å². The number of hydrogen-bond acceptors (Lipinski definition) is 6. The third kappa shape index (κ3) is 4.47. The van der Waals surface area contributed by atoms with Crippen molar-refractivity contribution in [1.29, 1.82) is 0 Å². The van der Waals surface area contributed by atoms with Crippen molar-refractivity contribution in [3.05, 3.63) is 25.4 Å². The van der Waals surface area contributed by atoms with Gasteiger partial charge in [-0.15, -0.1) is 13.2 Å². The summed E-state index contributed by atoms with van der Waals surface area (Å²) in [6.07, 6.45) is -5.57. The maximum Gasteiger partial charge on any atom is 0.574 e. The smallest absolute Gasteiger partial charge is 0.469 e. The molecule has 0 spiro atoms. The molecule has 0 aliphatic carbocycles. The summed E-state index contributed by atoms with van der Waals surface area (Å²) in [5.41, 5.74) is -1.05. The Morgan fingerprint density at radius 2 is 2.15 bits per heavy atom. The summed E-state index contributed by atoms with van der Waals surface area (Å²) < 4.78 is 44.3. The molecule has 20 heavy (non-hydrogen) atoms. The van der Waals surface area contributed by atoms with Gasteiger partial charge < -0.3 is 9.47 Å². The van der Waals surface area contributed by atoms with Crippen LogP contribution in [0.5, 0.6) is 5.88 Å². The molecule has 11 heteroatoms. The van der Waals surface area contributed by atoms with E-state index in [-0.39, 0.29) is 9.26 Å². The van der Waals surface area contributed by atoms with E-state index in [9.17, 15) is 28.1 Å². The number of alkyl halides is 3. The Kier molecular flexibility index (Phi) is 5.08. The van der Waals surface area contributed by atoms with Crippen LogP contribution in [-0.4, -0.2) is 29.3 Å². The molecule has 0 fully saturated rings. The van der Waals surface area contributed by atoms with Gasteiger partial charge >= 0.3 is 23.9 Å². The van der Waals surface area contributed by atoms with Crippen LogP contribution < -0.4 is 4.74 Å². The summed E-state index contributed by atoms with van der Waals surface area (Å²) in [4.78, 5) is 24.1. The molecular weight excluding hydrogens is 400 g/mol. The van der Waals surface area contributed by atoms with Crippen molar-refractivity contribution in [2.75, 3.05) is 7.11 Å². The molecule has 7 nitrogen and oxygen atoms in total. The second-order valence-electron chi connectivity index (χ2n) is 3.31. The van der Waals surface area contributed by atoms with E-state index in [1.165, 1.54) is 22.6 Å². The molecule has 0 N–H and O–H groups in total. The molecule has 0 bridgehead atoms. The van der Waals surface area contributed by atoms with Crippen molar-refractivity contribution in [2.24, 2.45) is 0 Å². The first-order valence-electron chi connectivity index (χ1n) is 4.80. The average molecular weight is 406 g/mol. The molecule has 0 saturated carbocycles. The van der Waals surface area contributed by atoms with Crippen LogP contribution in [0.2, 0.25) is 0 Å². The summed E-state index contributed by atoms with van der Waals surface area (Å²) in [5.74, 6) is -1.96. The number of aromatic nitrogens is 1. The molecule has 110 valence electrons. The van der Waals surface area contributed by atoms with Gasteiger partial charge in [-0.1, -0.05) is 0 Å². The number of hydrogen-bond donors (Lipinski definition) is 0. The Morgan fingerprint density at radius 1 is 1.55 bits per heavy atom. The largest absolute Gasteiger partial charge is 0.574 e. The molecule has 1 heterocycles. The third-order valence-corrected chi connectivity index (χ3v) is 2.74. The molecule has 0 aliphatic heterocycles. The molecule has 1 aromatic heterocycles. The SMILES string of the molecule is COC(=O)Cc1cc(I)c([N+](=O)[O-])c(OC(F)(F)F)n1. The van der Waals surface area contributed by atoms with E-state index in [0.717, 1.165) is 13.2 Å². The van der Waals surface area contributed by atoms with Crippen molar-refractivity contribution < 1.29 is 32.4 Å². The number of pyridine rings is 1. The quantitative estimate of drug-likeness (QED) is 0.330. The molecule has 0 unspecified atom stereocenters. The Balaban J connectivity index is 3.28. The van der Waals surface area contributed by atoms with E-state index in [0.29, 0.717) is 0 Å². The maximum atomic E-state index is 12.2. The number of nitro groups is 1. The van der Waals surface area contributed by atoms with E-state index in [1.807, 2.05) is 0 Å². The standard InChI is InChI=1S/C9H6F3IN2O5/c1-19-6(16)3-4-2-5(13)7(15(17)18)8(14-4)20-9(10,11)12/h2H,3H2,1H3. The van der Waals surface area contributed by atoms with Gasteiger partial charge in [0.05, 0.1) is 27.7 Å². The van der Waals surface area contributed by atoms with Gasteiger partial charge in [0.15, 0.2) is 0 Å². The summed E-state index contributed by atoms with van der Waals surface area (Å²) in [6, 6.07) is 1.11. The van der Waals surface area contributed by atoms with Crippen LogP contribution in [0, 0.1) is 13.7 Å². The van der Waals surface area contributed by atoms with Gasteiger partial charge in [-0.05, 0) is 28.7 Å². The lowest BCUT2D eigenvalue weighted by atomic mass is 10.2. The number of rotatable bonds is 4. The van der Waals surface area contributed by atoms with Crippen LogP contribution in [0.1, 0.15) is 5.69 Å². The lowest BCUT2D eigenvalue weighted by Gasteiger charge is -2.10. The first-order valence-corrected chi connectivity index (χ1v) is 5.88. The first kappa shape index (κ1) is 16.4. The summed E-state index contributed by atoms with van der Waals surface area (Å²) in [6.45, 7) is 0. The van der Waals surface area contributed by atoms with Gasteiger partial charge in [-0.25, -0.2) is 4.98 Å². The van der Waals surface area contributed by atoms with Crippen LogP contribution in [0.3, 0.4) is 0 Å². The van der Waals surface area contributed by atoms with E-state index < -0.39 is 35.2 Å². The number of ether oxygens (including phenoxy) is 2. The van der Waals surface area contributed by atoms with E-state index >= 15 is 0 Å². The van der Waals surface area contributed by atoms with E-state index in [1.54, 1.807) is 0 Å². The Bertz CT molecular complexity index is 549. The second-order valence-corrected chi connectivity index (χ2v) is 4.47. The predicted octanol–water partition coefficient (Wildman–Crippen LogP) is 2.21. The minimum Gasteiger partial charge on any atom is -0.469 e. The summed E-state index contributed by atoms with van der Waals surface area (Å²) in [5, 5.41) is 10.7. The fourth-order valence-electron chi connectivity index (χ4n) is 1.19. The minimum absolute atomic E-state index is 0.133. The zero-order valence-corrected chi connectivity index (χ0v) is 11.9. The van der Waals surface area contributed by atoms with Crippen molar-refractivity contribution in [3.8, 4) is 5.88 Å². The lowest BCUT2D eigenvalue weighted by molar-refractivity contribution is -0.390. The zero-order chi connectivity index (χ0) is 15.5. The zero-order valence-electron chi connectivity index (χ0n) is 9.73. The molecule has 0 radical (unpaired) electrons. The predicted molar refractivity (Wildman–Crippen MR) is 66.0 cm³/mol. The van der Waals surface area contributed by atoms with Gasteiger partial charge in [-0.2, -0.15) is 0 Å². The Hall–Kier alpha value is -1.66. The number of carbonyl (C=O) groups excluding carboxylic acids is 1. The number of esters is 1. The van der Waals surface area contributed by atoms with Crippen LogP contribution in [-0.2, 0) is 16.0 Å². The topological polar surface area (TPSA) is 91.6 Å². The molecule has 1 rings (SSSR count). The molecule has 1 aromatic rings. The van der Waals surface area contributed by atoms with Gasteiger partial charge in [0.2, 0.25) is 0 Å². The van der Waals surface area contributed by atoms with Crippen molar-refractivity contribution in [1.82, 2.24) is 4.98 Å². The van der Waals surface area contributed by atoms with Crippen LogP contribution in [0.15, 0.2) is 6.07 Å². The van der Waals surface area contributed by atoms with Gasteiger partial charge in [0, 0.05) is 0 Å². The highest BCUT2D eigenvalue weighted by Crippen LogP contribution is 2.34. The van der Waals surface area contributed by atoms with Gasteiger partial charge in [0.1, 0.15) is 0 Å². The molecule has 0 amide bonds. The van der Waals surface area contributed by atoms with Crippen molar-refractivity contribution in [2.45, 2.75) is 12.8 Å². The average Bonchev–Trinajstić information content (AvgIpc) is 2.25. The monoisotopic (exact) mass is 406 g/mol. The van der Waals surface area contributed by atoms with Gasteiger partial charge in [0.25, 0.3) is 0 Å². The Labute approximate surface area is 123 Å². The van der Waals surface area contributed by atoms with E-state index in [2.05, 4.69) is 14.5 Å². The highest BCUT2D eigenvalue weighted by molar-refractivity contribution is 14.1. The fraction of sp³-hybridized carbons (Fsp3) is 0.333. The lowest BCUT2D eigenvalue weighted by Crippen LogP contribution is -2.20. The van der Waals surface area contributed by atoms with Crippen LogP contribution in [0.4, 0.5) is 18.9 Å². The summed E-state index contributed by atoms with van der Waals surface area (Å²) >= 11 is 1.46. The highest BCUT2D eigenvalue weighted by Gasteiger charge is 2.37. The highest BCUT2D eigenvalue weighted by atomic mass is 127. The molecule has 0 aliphatic rings. The Morgan fingerprint density at radius 3 is 2.60 bits per heavy atom. The number of halogens is 4. The number of carbonyl (C=O) groups is 1.